The average molecular weight is 391 g/mol. The van der Waals surface area contributed by atoms with Crippen LogP contribution in [0.2, 0.25) is 0 Å². The van der Waals surface area contributed by atoms with Gasteiger partial charge in [-0.05, 0) is 22.0 Å². The molecule has 2 aliphatic heterocycles. The second kappa shape index (κ2) is 5.20. The predicted molar refractivity (Wildman–Crippen MR) is 83.9 cm³/mol. The second-order valence-corrected chi connectivity index (χ2v) is 7.17. The third-order valence-corrected chi connectivity index (χ3v) is 6.16. The van der Waals surface area contributed by atoms with Gasteiger partial charge in [-0.25, -0.2) is 0 Å². The first-order valence-corrected chi connectivity index (χ1v) is 8.43. The highest BCUT2D eigenvalue weighted by atomic mass is 79.9. The minimum Gasteiger partial charge on any atom is -0.399 e. The van der Waals surface area contributed by atoms with E-state index in [0.717, 1.165) is 17.0 Å². The number of aliphatic imine (C=N–C) groups is 1. The molecule has 1 atom stereocenters. The molecule has 0 aromatic heterocycles. The van der Waals surface area contributed by atoms with E-state index < -0.39 is 25.3 Å². The molecule has 2 heterocycles. The number of nitro benzene ring substituents is 2. The van der Waals surface area contributed by atoms with Crippen LogP contribution in [0, 0.1) is 20.2 Å². The van der Waals surface area contributed by atoms with Crippen LogP contribution in [0.3, 0.4) is 0 Å². The van der Waals surface area contributed by atoms with Crippen molar-refractivity contribution in [3.63, 3.8) is 0 Å². The van der Waals surface area contributed by atoms with Crippen LogP contribution in [-0.4, -0.2) is 25.4 Å². The summed E-state index contributed by atoms with van der Waals surface area (Å²) in [6.07, 6.45) is 0. The summed E-state index contributed by atoms with van der Waals surface area (Å²) in [5.74, 6) is 0.0641. The highest BCUT2D eigenvalue weighted by molar-refractivity contribution is 9.19. The Labute approximate surface area is 131 Å². The van der Waals surface area contributed by atoms with Crippen molar-refractivity contribution in [1.29, 1.82) is 0 Å². The lowest BCUT2D eigenvalue weighted by Crippen LogP contribution is -2.06. The number of nitro groups is 2. The number of benzene rings is 1. The lowest BCUT2D eigenvalue weighted by atomic mass is 10.1. The highest BCUT2D eigenvalue weighted by Crippen LogP contribution is 2.46. The Kier molecular flexibility index (Phi) is 3.51. The second-order valence-electron chi connectivity index (χ2n) is 3.71. The zero-order chi connectivity index (χ0) is 15.1. The molecule has 2 aliphatic rings. The van der Waals surface area contributed by atoms with Crippen LogP contribution in [0.4, 0.5) is 11.4 Å². The van der Waals surface area contributed by atoms with Gasteiger partial charge in [0, 0.05) is 6.07 Å². The molecule has 0 amide bonds. The maximum Gasteiger partial charge on any atom is 0.288 e. The SMILES string of the molecule is O=[N+]([O-])c1ccc(C2=NC3=S(O2)SN=C3Br)c([N+](=O)[O-])c1. The van der Waals surface area contributed by atoms with Gasteiger partial charge in [0.05, 0.1) is 26.9 Å². The molecule has 21 heavy (non-hydrogen) atoms. The van der Waals surface area contributed by atoms with Gasteiger partial charge in [0.1, 0.15) is 15.4 Å². The van der Waals surface area contributed by atoms with Gasteiger partial charge in [0.25, 0.3) is 11.4 Å². The zero-order valence-electron chi connectivity index (χ0n) is 9.76. The first-order valence-electron chi connectivity index (χ1n) is 5.20. The molecular weight excluding hydrogens is 388 g/mol. The Morgan fingerprint density at radius 1 is 1.29 bits per heavy atom. The van der Waals surface area contributed by atoms with Crippen LogP contribution in [0.1, 0.15) is 5.56 Å². The number of nitrogens with zero attached hydrogens (tertiary/aromatic N) is 4. The monoisotopic (exact) mass is 390 g/mol. The number of hydrogen-bond donors (Lipinski definition) is 0. The van der Waals surface area contributed by atoms with E-state index in [1.165, 1.54) is 12.1 Å². The van der Waals surface area contributed by atoms with Crippen molar-refractivity contribution >= 4 is 63.6 Å². The van der Waals surface area contributed by atoms with E-state index >= 15 is 0 Å². The van der Waals surface area contributed by atoms with E-state index in [1.54, 1.807) is 0 Å². The molecule has 3 rings (SSSR count). The molecule has 0 N–H and O–H groups in total. The van der Waals surface area contributed by atoms with Crippen LogP contribution in [0.15, 0.2) is 27.6 Å². The molecule has 0 aliphatic carbocycles. The summed E-state index contributed by atoms with van der Waals surface area (Å²) in [6.45, 7) is 0. The normalized spacial score (nSPS) is 19.7. The molecular formula is C9H3BrN4O5S2. The minimum absolute atomic E-state index is 0.0641. The number of non-ortho nitro benzene ring substituents is 1. The Hall–Kier alpha value is -1.79. The first-order chi connectivity index (χ1) is 9.97. The summed E-state index contributed by atoms with van der Waals surface area (Å²) in [4.78, 5) is 25.1. The van der Waals surface area contributed by atoms with Crippen LogP contribution < -0.4 is 0 Å². The molecule has 0 spiro atoms. The van der Waals surface area contributed by atoms with Crippen molar-refractivity contribution in [2.45, 2.75) is 0 Å². The summed E-state index contributed by atoms with van der Waals surface area (Å²) < 4.78 is 10.1. The molecule has 1 unspecified atom stereocenters. The largest absolute Gasteiger partial charge is 0.399 e. The Balaban J connectivity index is 2.04. The number of hydrogen-bond acceptors (Lipinski definition) is 8. The molecule has 108 valence electrons. The van der Waals surface area contributed by atoms with E-state index in [9.17, 15) is 20.2 Å². The molecule has 12 heteroatoms. The molecule has 9 nitrogen and oxygen atoms in total. The fraction of sp³-hybridized carbons (Fsp3) is 0. The van der Waals surface area contributed by atoms with Gasteiger partial charge in [0.2, 0.25) is 5.90 Å². The van der Waals surface area contributed by atoms with Crippen molar-refractivity contribution in [2.24, 2.45) is 9.39 Å². The smallest absolute Gasteiger partial charge is 0.288 e. The summed E-state index contributed by atoms with van der Waals surface area (Å²) >= 11 is 3.21. The quantitative estimate of drug-likeness (QED) is 0.257. The standard InChI is InChI=1S/C9H3BrN4O5S2/c10-7-9-11-8(19-21(9)20-12-7)5-2-1-4(13(15)16)3-6(5)14(17)18/h1-3H. The van der Waals surface area contributed by atoms with Gasteiger partial charge in [-0.3, -0.25) is 20.2 Å². The van der Waals surface area contributed by atoms with Crippen molar-refractivity contribution in [2.75, 3.05) is 0 Å². The Morgan fingerprint density at radius 2 is 2.05 bits per heavy atom. The van der Waals surface area contributed by atoms with E-state index in [-0.39, 0.29) is 17.1 Å². The molecule has 1 aromatic carbocycles. The van der Waals surface area contributed by atoms with E-state index in [0.29, 0.717) is 9.61 Å². The molecule has 0 bridgehead atoms. The fourth-order valence-corrected chi connectivity index (χ4v) is 5.30. The first kappa shape index (κ1) is 14.2. The van der Waals surface area contributed by atoms with Gasteiger partial charge in [0.15, 0.2) is 9.61 Å². The fourth-order valence-electron chi connectivity index (χ4n) is 1.60. The summed E-state index contributed by atoms with van der Waals surface area (Å²) in [7, 11) is 0.417. The lowest BCUT2D eigenvalue weighted by molar-refractivity contribution is -0.394. The lowest BCUT2D eigenvalue weighted by Gasteiger charge is -2.04. The van der Waals surface area contributed by atoms with Crippen LogP contribution in [-0.2, 0) is 4.18 Å². The highest BCUT2D eigenvalue weighted by Gasteiger charge is 2.32. The topological polar surface area (TPSA) is 120 Å². The van der Waals surface area contributed by atoms with Gasteiger partial charge in [-0.15, -0.1) is 0 Å². The van der Waals surface area contributed by atoms with Crippen LogP contribution in [0.5, 0.6) is 0 Å². The number of rotatable bonds is 3. The maximum absolute atomic E-state index is 11.1. The molecule has 0 radical (unpaired) electrons. The van der Waals surface area contributed by atoms with E-state index in [2.05, 4.69) is 25.3 Å². The summed E-state index contributed by atoms with van der Waals surface area (Å²) in [5.41, 5.74) is -0.691. The van der Waals surface area contributed by atoms with Crippen molar-refractivity contribution in [1.82, 2.24) is 0 Å². The van der Waals surface area contributed by atoms with Gasteiger partial charge in [-0.1, -0.05) is 0 Å². The molecule has 0 saturated carbocycles. The third-order valence-electron chi connectivity index (χ3n) is 2.50. The zero-order valence-corrected chi connectivity index (χ0v) is 13.0. The van der Waals surface area contributed by atoms with E-state index in [4.69, 9.17) is 4.18 Å². The Morgan fingerprint density at radius 3 is 2.67 bits per heavy atom. The minimum atomic E-state index is -0.742. The number of halogens is 1. The molecule has 0 fully saturated rings. The molecule has 1 aromatic rings. The van der Waals surface area contributed by atoms with Crippen molar-refractivity contribution in [3.05, 3.63) is 44.0 Å². The van der Waals surface area contributed by atoms with Gasteiger partial charge < -0.3 is 4.18 Å². The summed E-state index contributed by atoms with van der Waals surface area (Å²) in [5, 5.41) is 21.8. The average Bonchev–Trinajstić information content (AvgIpc) is 3.00. The predicted octanol–water partition coefficient (Wildman–Crippen LogP) is 2.96. The third kappa shape index (κ3) is 2.45. The van der Waals surface area contributed by atoms with Crippen LogP contribution in [0.25, 0.3) is 0 Å². The van der Waals surface area contributed by atoms with Gasteiger partial charge >= 0.3 is 0 Å². The maximum atomic E-state index is 11.1. The van der Waals surface area contributed by atoms with Gasteiger partial charge in [-0.2, -0.15) is 9.39 Å². The van der Waals surface area contributed by atoms with Crippen molar-refractivity contribution < 1.29 is 14.0 Å². The van der Waals surface area contributed by atoms with Crippen LogP contribution >= 0.6 is 36.7 Å². The Bertz CT molecular complexity index is 790. The molecule has 0 saturated heterocycles. The van der Waals surface area contributed by atoms with Crippen molar-refractivity contribution in [3.8, 4) is 0 Å². The summed E-state index contributed by atoms with van der Waals surface area (Å²) in [6, 6.07) is 3.32. The van der Waals surface area contributed by atoms with E-state index in [1.807, 2.05) is 0 Å².